The Morgan fingerprint density at radius 2 is 1.85 bits per heavy atom. The van der Waals surface area contributed by atoms with Crippen molar-refractivity contribution in [2.45, 2.75) is 24.0 Å². The lowest BCUT2D eigenvalue weighted by Gasteiger charge is -2.17. The Hall–Kier alpha value is -2.31. The van der Waals surface area contributed by atoms with Gasteiger partial charge in [-0.1, -0.05) is 42.5 Å². The van der Waals surface area contributed by atoms with Gasteiger partial charge in [0.2, 0.25) is 5.91 Å². The Morgan fingerprint density at radius 1 is 1.12 bits per heavy atom. The van der Waals surface area contributed by atoms with E-state index in [1.54, 1.807) is 18.2 Å². The SMILES string of the molecule is NC(=O)CSc1ccccc1C(=O)O[C@@H]1CCN(Cc2ccccc2)C1. The lowest BCUT2D eigenvalue weighted by atomic mass is 10.2. The summed E-state index contributed by atoms with van der Waals surface area (Å²) in [6.45, 7) is 2.50. The molecule has 0 saturated carbocycles. The summed E-state index contributed by atoms with van der Waals surface area (Å²) in [5, 5.41) is 0. The number of benzene rings is 2. The maximum atomic E-state index is 12.6. The molecule has 2 N–H and O–H groups in total. The minimum Gasteiger partial charge on any atom is -0.457 e. The fourth-order valence-corrected chi connectivity index (χ4v) is 3.78. The average molecular weight is 370 g/mol. The van der Waals surface area contributed by atoms with Gasteiger partial charge < -0.3 is 10.5 Å². The van der Waals surface area contributed by atoms with Gasteiger partial charge in [0.05, 0.1) is 11.3 Å². The third-order valence-corrected chi connectivity index (χ3v) is 5.32. The lowest BCUT2D eigenvalue weighted by Crippen LogP contribution is -2.25. The van der Waals surface area contributed by atoms with Crippen LogP contribution in [0.2, 0.25) is 0 Å². The van der Waals surface area contributed by atoms with Crippen LogP contribution in [0, 0.1) is 0 Å². The number of thioether (sulfide) groups is 1. The van der Waals surface area contributed by atoms with E-state index in [-0.39, 0.29) is 17.8 Å². The Kier molecular flexibility index (Phi) is 6.30. The van der Waals surface area contributed by atoms with Gasteiger partial charge in [0.15, 0.2) is 0 Å². The van der Waals surface area contributed by atoms with Crippen LogP contribution in [0.4, 0.5) is 0 Å². The molecular weight excluding hydrogens is 348 g/mol. The highest BCUT2D eigenvalue weighted by Crippen LogP contribution is 2.24. The van der Waals surface area contributed by atoms with Crippen LogP contribution in [0.25, 0.3) is 0 Å². The van der Waals surface area contributed by atoms with E-state index in [9.17, 15) is 9.59 Å². The largest absolute Gasteiger partial charge is 0.457 e. The smallest absolute Gasteiger partial charge is 0.339 e. The zero-order valence-electron chi connectivity index (χ0n) is 14.5. The van der Waals surface area contributed by atoms with Crippen LogP contribution in [-0.2, 0) is 16.1 Å². The molecule has 1 fully saturated rings. The molecule has 6 heteroatoms. The molecule has 1 atom stereocenters. The predicted octanol–water partition coefficient (Wildman–Crippen LogP) is 2.70. The van der Waals surface area contributed by atoms with Gasteiger partial charge in [-0.05, 0) is 24.1 Å². The fourth-order valence-electron chi connectivity index (χ4n) is 3.00. The summed E-state index contributed by atoms with van der Waals surface area (Å²) in [6, 6.07) is 17.4. The van der Waals surface area contributed by atoms with Crippen molar-refractivity contribution in [3.8, 4) is 0 Å². The number of esters is 1. The summed E-state index contributed by atoms with van der Waals surface area (Å²) in [6.07, 6.45) is 0.718. The van der Waals surface area contributed by atoms with Gasteiger partial charge in [0.1, 0.15) is 6.10 Å². The van der Waals surface area contributed by atoms with Crippen molar-refractivity contribution in [1.29, 1.82) is 0 Å². The Morgan fingerprint density at radius 3 is 2.62 bits per heavy atom. The molecule has 136 valence electrons. The van der Waals surface area contributed by atoms with Crippen LogP contribution in [0.1, 0.15) is 22.3 Å². The number of hydrogen-bond acceptors (Lipinski definition) is 5. The zero-order valence-corrected chi connectivity index (χ0v) is 15.3. The summed E-state index contributed by atoms with van der Waals surface area (Å²) in [5.41, 5.74) is 6.94. The van der Waals surface area contributed by atoms with Crippen molar-refractivity contribution in [3.05, 3.63) is 65.7 Å². The van der Waals surface area contributed by atoms with Gasteiger partial charge in [0.25, 0.3) is 0 Å². The van der Waals surface area contributed by atoms with Crippen molar-refractivity contribution >= 4 is 23.6 Å². The zero-order chi connectivity index (χ0) is 18.4. The second-order valence-corrected chi connectivity index (χ2v) is 7.31. The number of nitrogens with two attached hydrogens (primary N) is 1. The van der Waals surface area contributed by atoms with Gasteiger partial charge in [-0.2, -0.15) is 0 Å². The lowest BCUT2D eigenvalue weighted by molar-refractivity contribution is -0.115. The molecule has 1 aliphatic rings. The van der Waals surface area contributed by atoms with Crippen molar-refractivity contribution < 1.29 is 14.3 Å². The highest BCUT2D eigenvalue weighted by Gasteiger charge is 2.26. The molecular formula is C20H22N2O3S. The standard InChI is InChI=1S/C20H22N2O3S/c21-19(23)14-26-18-9-5-4-8-17(18)20(24)25-16-10-11-22(13-16)12-15-6-2-1-3-7-15/h1-9,16H,10-14H2,(H2,21,23)/t16-/m1/s1. The molecule has 3 rings (SSSR count). The van der Waals surface area contributed by atoms with E-state index in [0.717, 1.165) is 31.0 Å². The number of carbonyl (C=O) groups is 2. The van der Waals surface area contributed by atoms with Crippen LogP contribution >= 0.6 is 11.8 Å². The number of amides is 1. The topological polar surface area (TPSA) is 72.6 Å². The monoisotopic (exact) mass is 370 g/mol. The number of nitrogens with zero attached hydrogens (tertiary/aromatic N) is 1. The van der Waals surface area contributed by atoms with E-state index in [2.05, 4.69) is 17.0 Å². The number of likely N-dealkylation sites (tertiary alicyclic amines) is 1. The third kappa shape index (κ3) is 5.09. The normalized spacial score (nSPS) is 17.2. The minimum atomic E-state index is -0.412. The molecule has 2 aromatic rings. The summed E-state index contributed by atoms with van der Waals surface area (Å²) in [7, 11) is 0. The molecule has 0 spiro atoms. The number of ether oxygens (including phenoxy) is 1. The molecule has 1 aliphatic heterocycles. The Balaban J connectivity index is 1.56. The Labute approximate surface area is 157 Å². The van der Waals surface area contributed by atoms with Crippen molar-refractivity contribution in [2.75, 3.05) is 18.8 Å². The van der Waals surface area contributed by atoms with Gasteiger partial charge >= 0.3 is 5.97 Å². The molecule has 1 amide bonds. The van der Waals surface area contributed by atoms with Crippen molar-refractivity contribution in [1.82, 2.24) is 4.90 Å². The second kappa shape index (κ2) is 8.87. The highest BCUT2D eigenvalue weighted by molar-refractivity contribution is 8.00. The van der Waals surface area contributed by atoms with Gasteiger partial charge in [-0.3, -0.25) is 9.69 Å². The highest BCUT2D eigenvalue weighted by atomic mass is 32.2. The van der Waals surface area contributed by atoms with E-state index in [4.69, 9.17) is 10.5 Å². The van der Waals surface area contributed by atoms with Gasteiger partial charge in [-0.15, -0.1) is 11.8 Å². The van der Waals surface area contributed by atoms with Crippen LogP contribution < -0.4 is 5.73 Å². The van der Waals surface area contributed by atoms with E-state index < -0.39 is 5.91 Å². The van der Waals surface area contributed by atoms with Crippen LogP contribution in [-0.4, -0.2) is 41.7 Å². The minimum absolute atomic E-state index is 0.111. The molecule has 2 aromatic carbocycles. The first-order valence-corrected chi connectivity index (χ1v) is 9.58. The fraction of sp³-hybridized carbons (Fsp3) is 0.300. The Bertz CT molecular complexity index is 767. The van der Waals surface area contributed by atoms with Gasteiger partial charge in [-0.25, -0.2) is 4.79 Å². The van der Waals surface area contributed by atoms with E-state index >= 15 is 0 Å². The number of hydrogen-bond donors (Lipinski definition) is 1. The second-order valence-electron chi connectivity index (χ2n) is 6.29. The quantitative estimate of drug-likeness (QED) is 0.599. The molecule has 1 heterocycles. The molecule has 5 nitrogen and oxygen atoms in total. The molecule has 1 saturated heterocycles. The average Bonchev–Trinajstić information content (AvgIpc) is 3.07. The maximum Gasteiger partial charge on any atom is 0.339 e. The first-order chi connectivity index (χ1) is 12.6. The number of carbonyl (C=O) groups excluding carboxylic acids is 2. The first kappa shape index (κ1) is 18.5. The summed E-state index contributed by atoms with van der Waals surface area (Å²) >= 11 is 1.26. The molecule has 0 aromatic heterocycles. The van der Waals surface area contributed by atoms with E-state index in [1.807, 2.05) is 24.3 Å². The van der Waals surface area contributed by atoms with Crippen LogP contribution in [0.3, 0.4) is 0 Å². The molecule has 0 radical (unpaired) electrons. The molecule has 0 unspecified atom stereocenters. The third-order valence-electron chi connectivity index (χ3n) is 4.23. The van der Waals surface area contributed by atoms with Crippen molar-refractivity contribution in [2.24, 2.45) is 5.73 Å². The van der Waals surface area contributed by atoms with Gasteiger partial charge in [0, 0.05) is 24.5 Å². The van der Waals surface area contributed by atoms with E-state index in [0.29, 0.717) is 5.56 Å². The first-order valence-electron chi connectivity index (χ1n) is 8.59. The van der Waals surface area contributed by atoms with Crippen LogP contribution in [0.15, 0.2) is 59.5 Å². The summed E-state index contributed by atoms with van der Waals surface area (Å²) < 4.78 is 5.70. The molecule has 0 bridgehead atoms. The van der Waals surface area contributed by atoms with E-state index in [1.165, 1.54) is 17.3 Å². The van der Waals surface area contributed by atoms with Crippen LogP contribution in [0.5, 0.6) is 0 Å². The number of primary amides is 1. The number of rotatable bonds is 7. The summed E-state index contributed by atoms with van der Waals surface area (Å²) in [4.78, 5) is 26.6. The van der Waals surface area contributed by atoms with Crippen molar-refractivity contribution in [3.63, 3.8) is 0 Å². The molecule has 0 aliphatic carbocycles. The molecule has 26 heavy (non-hydrogen) atoms. The predicted molar refractivity (Wildman–Crippen MR) is 102 cm³/mol. The maximum absolute atomic E-state index is 12.6. The summed E-state index contributed by atoms with van der Waals surface area (Å²) in [5.74, 6) is -0.617.